The van der Waals surface area contributed by atoms with Crippen LogP contribution in [0.25, 0.3) is 0 Å². The van der Waals surface area contributed by atoms with Crippen LogP contribution in [0.5, 0.6) is 0 Å². The summed E-state index contributed by atoms with van der Waals surface area (Å²) in [5.41, 5.74) is 3.60. The molecule has 0 aliphatic heterocycles. The minimum Gasteiger partial charge on any atom is -0.381 e. The highest BCUT2D eigenvalue weighted by Crippen LogP contribution is 2.02. The number of aromatic nitrogens is 2. The molecule has 1 aromatic heterocycles. The van der Waals surface area contributed by atoms with Gasteiger partial charge in [-0.15, -0.1) is 0 Å². The van der Waals surface area contributed by atoms with Crippen molar-refractivity contribution in [3.63, 3.8) is 0 Å². The third-order valence-corrected chi connectivity index (χ3v) is 4.30. The molecule has 0 aliphatic rings. The minimum absolute atomic E-state index is 0.759. The van der Waals surface area contributed by atoms with E-state index in [1.807, 2.05) is 13.0 Å². The number of aliphatic imine (C=N–C) groups is 1. The molecule has 0 bridgehead atoms. The van der Waals surface area contributed by atoms with Crippen LogP contribution in [0.15, 0.2) is 41.4 Å². The van der Waals surface area contributed by atoms with Gasteiger partial charge in [-0.3, -0.25) is 9.67 Å². The average molecular weight is 372 g/mol. The summed E-state index contributed by atoms with van der Waals surface area (Å²) in [4.78, 5) is 4.26. The van der Waals surface area contributed by atoms with Gasteiger partial charge in [-0.25, -0.2) is 0 Å². The highest BCUT2D eigenvalue weighted by atomic mass is 16.5. The smallest absolute Gasteiger partial charge is 0.190 e. The van der Waals surface area contributed by atoms with Gasteiger partial charge in [-0.1, -0.05) is 30.3 Å². The molecular weight excluding hydrogens is 338 g/mol. The Hall–Kier alpha value is -2.34. The molecule has 0 atom stereocenters. The zero-order valence-corrected chi connectivity index (χ0v) is 16.9. The van der Waals surface area contributed by atoms with Crippen molar-refractivity contribution >= 4 is 5.96 Å². The highest BCUT2D eigenvalue weighted by Gasteiger charge is 2.01. The fraction of sp³-hybridized carbons (Fsp3) is 0.524. The zero-order chi connectivity index (χ0) is 19.3. The summed E-state index contributed by atoms with van der Waals surface area (Å²) in [5, 5.41) is 11.2. The lowest BCUT2D eigenvalue weighted by atomic mass is 10.2. The van der Waals surface area contributed by atoms with Gasteiger partial charge in [0.05, 0.1) is 12.3 Å². The Bertz CT molecular complexity index is 681. The first-order valence-corrected chi connectivity index (χ1v) is 9.76. The van der Waals surface area contributed by atoms with E-state index in [1.165, 1.54) is 11.3 Å². The van der Waals surface area contributed by atoms with Crippen LogP contribution < -0.4 is 10.6 Å². The Morgan fingerprint density at radius 1 is 1.07 bits per heavy atom. The molecule has 6 heteroatoms. The van der Waals surface area contributed by atoms with E-state index in [4.69, 9.17) is 4.74 Å². The molecule has 0 fully saturated rings. The number of rotatable bonds is 11. The maximum absolute atomic E-state index is 5.70. The third kappa shape index (κ3) is 8.26. The number of aryl methyl sites for hydroxylation is 3. The average Bonchev–Trinajstić information content (AvgIpc) is 3.00. The Morgan fingerprint density at radius 3 is 2.48 bits per heavy atom. The van der Waals surface area contributed by atoms with E-state index in [1.54, 1.807) is 7.05 Å². The van der Waals surface area contributed by atoms with Crippen molar-refractivity contribution in [1.29, 1.82) is 0 Å². The zero-order valence-electron chi connectivity index (χ0n) is 16.9. The van der Waals surface area contributed by atoms with Gasteiger partial charge in [-0.2, -0.15) is 5.10 Å². The van der Waals surface area contributed by atoms with Crippen LogP contribution in [0, 0.1) is 13.8 Å². The van der Waals surface area contributed by atoms with Crippen molar-refractivity contribution < 1.29 is 4.74 Å². The number of hydrogen-bond donors (Lipinski definition) is 2. The lowest BCUT2D eigenvalue weighted by molar-refractivity contribution is 0.135. The Kier molecular flexibility index (Phi) is 9.41. The largest absolute Gasteiger partial charge is 0.381 e. The van der Waals surface area contributed by atoms with Gasteiger partial charge < -0.3 is 15.4 Å². The molecule has 0 unspecified atom stereocenters. The fourth-order valence-corrected chi connectivity index (χ4v) is 2.88. The van der Waals surface area contributed by atoms with E-state index in [-0.39, 0.29) is 0 Å². The predicted molar refractivity (Wildman–Crippen MR) is 111 cm³/mol. The molecule has 0 spiro atoms. The van der Waals surface area contributed by atoms with Crippen molar-refractivity contribution in [2.24, 2.45) is 4.99 Å². The van der Waals surface area contributed by atoms with Gasteiger partial charge in [0.1, 0.15) is 0 Å². The molecule has 2 rings (SSSR count). The summed E-state index contributed by atoms with van der Waals surface area (Å²) in [6, 6.07) is 12.5. The highest BCUT2D eigenvalue weighted by molar-refractivity contribution is 5.79. The first kappa shape index (κ1) is 21.0. The molecule has 1 heterocycles. The number of benzene rings is 1. The lowest BCUT2D eigenvalue weighted by Crippen LogP contribution is -2.38. The van der Waals surface area contributed by atoms with E-state index >= 15 is 0 Å². The maximum atomic E-state index is 5.70. The van der Waals surface area contributed by atoms with E-state index in [0.29, 0.717) is 0 Å². The second-order valence-electron chi connectivity index (χ2n) is 6.63. The topological polar surface area (TPSA) is 63.5 Å². The van der Waals surface area contributed by atoms with Crippen molar-refractivity contribution in [3.05, 3.63) is 53.3 Å². The second kappa shape index (κ2) is 12.1. The van der Waals surface area contributed by atoms with Crippen molar-refractivity contribution in [1.82, 2.24) is 20.4 Å². The Balaban J connectivity index is 1.48. The number of hydrogen-bond acceptors (Lipinski definition) is 3. The molecule has 2 N–H and O–H groups in total. The Labute approximate surface area is 163 Å². The standard InChI is InChI=1S/C21H33N5O/c1-18-17-19(2)26(25-18)14-7-12-23-21(22-3)24-13-8-15-27-16-11-20-9-5-4-6-10-20/h4-6,9-10,17H,7-8,11-16H2,1-3H3,(H2,22,23,24). The third-order valence-electron chi connectivity index (χ3n) is 4.30. The van der Waals surface area contributed by atoms with Crippen LogP contribution in [0.3, 0.4) is 0 Å². The fourth-order valence-electron chi connectivity index (χ4n) is 2.88. The van der Waals surface area contributed by atoms with Gasteiger partial charge >= 0.3 is 0 Å². The van der Waals surface area contributed by atoms with Crippen LogP contribution in [0.1, 0.15) is 29.8 Å². The Morgan fingerprint density at radius 2 is 1.81 bits per heavy atom. The molecule has 1 aromatic carbocycles. The van der Waals surface area contributed by atoms with Crippen molar-refractivity contribution in [3.8, 4) is 0 Å². The van der Waals surface area contributed by atoms with Gasteiger partial charge in [0, 0.05) is 39.0 Å². The number of ether oxygens (including phenoxy) is 1. The molecular formula is C21H33N5O. The molecule has 0 saturated heterocycles. The molecule has 2 aromatic rings. The lowest BCUT2D eigenvalue weighted by Gasteiger charge is -2.12. The van der Waals surface area contributed by atoms with E-state index in [2.05, 4.69) is 62.7 Å². The molecule has 27 heavy (non-hydrogen) atoms. The van der Waals surface area contributed by atoms with E-state index in [0.717, 1.165) is 63.8 Å². The predicted octanol–water partition coefficient (Wildman–Crippen LogP) is 2.70. The van der Waals surface area contributed by atoms with Gasteiger partial charge in [0.2, 0.25) is 0 Å². The summed E-state index contributed by atoms with van der Waals surface area (Å²) in [6.07, 6.45) is 2.93. The summed E-state index contributed by atoms with van der Waals surface area (Å²) >= 11 is 0. The van der Waals surface area contributed by atoms with Crippen LogP contribution in [-0.2, 0) is 17.7 Å². The van der Waals surface area contributed by atoms with Crippen LogP contribution in [0.4, 0.5) is 0 Å². The van der Waals surface area contributed by atoms with Gasteiger partial charge in [0.15, 0.2) is 5.96 Å². The minimum atomic E-state index is 0.759. The van der Waals surface area contributed by atoms with Gasteiger partial charge in [0.25, 0.3) is 0 Å². The van der Waals surface area contributed by atoms with E-state index < -0.39 is 0 Å². The second-order valence-corrected chi connectivity index (χ2v) is 6.63. The summed E-state index contributed by atoms with van der Waals surface area (Å²) < 4.78 is 7.76. The number of guanidine groups is 1. The molecule has 0 radical (unpaired) electrons. The van der Waals surface area contributed by atoms with Crippen LogP contribution in [0.2, 0.25) is 0 Å². The molecule has 0 amide bonds. The quantitative estimate of drug-likeness (QED) is 0.362. The van der Waals surface area contributed by atoms with Gasteiger partial charge in [-0.05, 0) is 44.7 Å². The number of nitrogens with zero attached hydrogens (tertiary/aromatic N) is 3. The van der Waals surface area contributed by atoms with Crippen molar-refractivity contribution in [2.45, 2.75) is 39.7 Å². The monoisotopic (exact) mass is 371 g/mol. The van der Waals surface area contributed by atoms with Crippen LogP contribution >= 0.6 is 0 Å². The first-order chi connectivity index (χ1) is 13.2. The molecule has 0 aliphatic carbocycles. The molecule has 6 nitrogen and oxygen atoms in total. The summed E-state index contributed by atoms with van der Waals surface area (Å²) in [7, 11) is 1.80. The van der Waals surface area contributed by atoms with Crippen LogP contribution in [-0.4, -0.2) is 49.1 Å². The normalized spacial score (nSPS) is 11.6. The molecule has 148 valence electrons. The van der Waals surface area contributed by atoms with E-state index in [9.17, 15) is 0 Å². The maximum Gasteiger partial charge on any atom is 0.190 e. The van der Waals surface area contributed by atoms with Crippen molar-refractivity contribution in [2.75, 3.05) is 33.4 Å². The summed E-state index contributed by atoms with van der Waals surface area (Å²) in [6.45, 7) is 8.28. The molecule has 0 saturated carbocycles. The first-order valence-electron chi connectivity index (χ1n) is 9.76. The number of nitrogens with one attached hydrogen (secondary N) is 2. The summed E-state index contributed by atoms with van der Waals surface area (Å²) in [5.74, 6) is 0.840. The SMILES string of the molecule is CN=C(NCCCOCCc1ccccc1)NCCCn1nc(C)cc1C.